The van der Waals surface area contributed by atoms with Crippen molar-refractivity contribution >= 4 is 14.9 Å². The third-order valence-electron chi connectivity index (χ3n) is 3.24. The van der Waals surface area contributed by atoms with E-state index in [1.54, 1.807) is 0 Å². The van der Waals surface area contributed by atoms with Gasteiger partial charge in [0.2, 0.25) is 0 Å². The Kier molecular flexibility index (Phi) is 16.6. The lowest BCUT2D eigenvalue weighted by Crippen LogP contribution is -2.46. The molecule has 0 aromatic carbocycles. The van der Waals surface area contributed by atoms with Crippen LogP contribution in [0, 0.1) is 0 Å². The summed E-state index contributed by atoms with van der Waals surface area (Å²) in [7, 11) is -2.60. The lowest BCUT2D eigenvalue weighted by molar-refractivity contribution is 0.0709. The molecule has 0 saturated carbocycles. The summed E-state index contributed by atoms with van der Waals surface area (Å²) in [5.41, 5.74) is 0. The molecule has 0 bridgehead atoms. The van der Waals surface area contributed by atoms with Gasteiger partial charge in [-0.3, -0.25) is 0 Å². The van der Waals surface area contributed by atoms with Crippen LogP contribution < -0.4 is 0 Å². The first-order chi connectivity index (χ1) is 12.7. The van der Waals surface area contributed by atoms with Crippen molar-refractivity contribution in [2.75, 3.05) is 46.2 Å². The van der Waals surface area contributed by atoms with Crippen molar-refractivity contribution in [1.82, 2.24) is 0 Å². The number of hydrogen-bond donors (Lipinski definition) is 0. The van der Waals surface area contributed by atoms with Gasteiger partial charge in [0.05, 0.1) is 26.1 Å². The van der Waals surface area contributed by atoms with E-state index in [4.69, 9.17) is 27.5 Å². The molecule has 0 aliphatic rings. The van der Waals surface area contributed by atoms with Crippen molar-refractivity contribution in [2.45, 2.75) is 53.0 Å². The molecule has 0 atom stereocenters. The van der Waals surface area contributed by atoms with E-state index < -0.39 is 8.80 Å². The predicted octanol–water partition coefficient (Wildman–Crippen LogP) is 3.77. The summed E-state index contributed by atoms with van der Waals surface area (Å²) in [5.74, 6) is 0. The molecule has 0 aromatic heterocycles. The summed E-state index contributed by atoms with van der Waals surface area (Å²) in [5, 5.41) is 0. The molecule has 26 heavy (non-hydrogen) atoms. The highest BCUT2D eigenvalue weighted by Crippen LogP contribution is 2.18. The second-order valence-electron chi connectivity index (χ2n) is 5.26. The van der Waals surface area contributed by atoms with E-state index in [1.165, 1.54) is 6.26 Å². The zero-order valence-corrected chi connectivity index (χ0v) is 18.0. The molecule has 0 aliphatic carbocycles. The van der Waals surface area contributed by atoms with Crippen LogP contribution in [0.5, 0.6) is 0 Å². The van der Waals surface area contributed by atoms with E-state index in [-0.39, 0.29) is 0 Å². The van der Waals surface area contributed by atoms with Crippen LogP contribution in [0.2, 0.25) is 6.04 Å². The predicted molar refractivity (Wildman–Crippen MR) is 105 cm³/mol. The zero-order chi connectivity index (χ0) is 19.5. The van der Waals surface area contributed by atoms with Crippen LogP contribution in [0.1, 0.15) is 47.0 Å². The van der Waals surface area contributed by atoms with Crippen molar-refractivity contribution in [1.29, 1.82) is 0 Å². The van der Waals surface area contributed by atoms with E-state index >= 15 is 0 Å². The number of rotatable bonds is 17. The molecule has 0 radical (unpaired) electrons. The Balaban J connectivity index is 4.34. The second-order valence-corrected chi connectivity index (χ2v) is 7.99. The van der Waals surface area contributed by atoms with Crippen LogP contribution in [0.15, 0.2) is 17.8 Å². The van der Waals surface area contributed by atoms with Gasteiger partial charge in [-0.25, -0.2) is 4.99 Å². The van der Waals surface area contributed by atoms with Crippen molar-refractivity contribution in [3.63, 3.8) is 0 Å². The molecule has 0 N–H and O–H groups in total. The smallest absolute Gasteiger partial charge is 0.500 e. The number of nitrogens with zero attached hydrogens (tertiary/aromatic N) is 1. The molecule has 8 heteroatoms. The zero-order valence-electron chi connectivity index (χ0n) is 17.0. The first-order valence-corrected chi connectivity index (χ1v) is 11.6. The Morgan fingerprint density at radius 1 is 0.846 bits per heavy atom. The Morgan fingerprint density at radius 3 is 2.00 bits per heavy atom. The summed E-state index contributed by atoms with van der Waals surface area (Å²) >= 11 is 0. The minimum atomic E-state index is -2.60. The Morgan fingerprint density at radius 2 is 1.46 bits per heavy atom. The van der Waals surface area contributed by atoms with Crippen LogP contribution >= 0.6 is 0 Å². The molecule has 0 saturated heterocycles. The van der Waals surface area contributed by atoms with Gasteiger partial charge in [-0.15, -0.1) is 0 Å². The maximum Gasteiger partial charge on any atom is 0.500 e. The van der Waals surface area contributed by atoms with Crippen molar-refractivity contribution < 1.29 is 27.5 Å². The normalized spacial score (nSPS) is 12.1. The van der Waals surface area contributed by atoms with Crippen LogP contribution in [0.4, 0.5) is 0 Å². The second kappa shape index (κ2) is 17.3. The molecule has 0 fully saturated rings. The first-order valence-electron chi connectivity index (χ1n) is 9.62. The summed E-state index contributed by atoms with van der Waals surface area (Å²) in [6.07, 6.45) is 4.35. The van der Waals surface area contributed by atoms with E-state index in [9.17, 15) is 0 Å². The molecular formula is C18H37NO6Si. The molecule has 0 aromatic rings. The Hall–Kier alpha value is -1.09. The van der Waals surface area contributed by atoms with Crippen molar-refractivity contribution in [3.8, 4) is 0 Å². The molecule has 154 valence electrons. The summed E-state index contributed by atoms with van der Waals surface area (Å²) in [6, 6.07) is 0.727. The first kappa shape index (κ1) is 24.9. The molecule has 0 amide bonds. The lowest BCUT2D eigenvalue weighted by Gasteiger charge is -2.28. The Bertz CT molecular complexity index is 351. The molecule has 0 heterocycles. The van der Waals surface area contributed by atoms with E-state index in [1.807, 2.05) is 27.7 Å². The van der Waals surface area contributed by atoms with Crippen LogP contribution in [-0.4, -0.2) is 61.1 Å². The monoisotopic (exact) mass is 391 g/mol. The fraction of sp³-hybridized carbons (Fsp3) is 0.833. The van der Waals surface area contributed by atoms with Crippen LogP contribution in [0.3, 0.4) is 0 Å². The molecular weight excluding hydrogens is 354 g/mol. The van der Waals surface area contributed by atoms with Crippen LogP contribution in [-0.2, 0) is 27.5 Å². The third kappa shape index (κ3) is 12.3. The van der Waals surface area contributed by atoms with Gasteiger partial charge < -0.3 is 27.5 Å². The average molecular weight is 392 g/mol. The third-order valence-corrected chi connectivity index (χ3v) is 6.39. The summed E-state index contributed by atoms with van der Waals surface area (Å²) < 4.78 is 33.6. The minimum Gasteiger partial charge on any atom is -0.502 e. The minimum absolute atomic E-state index is 0.341. The van der Waals surface area contributed by atoms with Crippen molar-refractivity contribution in [2.24, 2.45) is 4.99 Å². The number of aliphatic imine (C=N–C) groups is 1. The maximum absolute atomic E-state index is 5.84. The largest absolute Gasteiger partial charge is 0.502 e. The van der Waals surface area contributed by atoms with Gasteiger partial charge in [-0.1, -0.05) is 6.58 Å². The highest BCUT2D eigenvalue weighted by molar-refractivity contribution is 6.60. The molecule has 0 aliphatic heterocycles. The number of hydrogen-bond acceptors (Lipinski definition) is 7. The van der Waals surface area contributed by atoms with Gasteiger partial charge in [0.25, 0.3) is 0 Å². The molecule has 7 nitrogen and oxygen atoms in total. The fourth-order valence-corrected chi connectivity index (χ4v) is 4.85. The molecule has 0 spiro atoms. The summed E-state index contributed by atoms with van der Waals surface area (Å²) in [6.45, 7) is 15.3. The van der Waals surface area contributed by atoms with E-state index in [2.05, 4.69) is 11.6 Å². The van der Waals surface area contributed by atoms with E-state index in [0.29, 0.717) is 52.3 Å². The fourth-order valence-electron chi connectivity index (χ4n) is 2.25. The maximum atomic E-state index is 5.84. The quantitative estimate of drug-likeness (QED) is 0.124. The Labute approximate surface area is 160 Å². The van der Waals surface area contributed by atoms with Crippen molar-refractivity contribution in [3.05, 3.63) is 12.8 Å². The number of unbranched alkanes of at least 4 members (excludes halogenated alkanes) is 1. The van der Waals surface area contributed by atoms with Gasteiger partial charge in [0.15, 0.2) is 0 Å². The van der Waals surface area contributed by atoms with Crippen LogP contribution in [0.25, 0.3) is 0 Å². The number of ether oxygens (including phenoxy) is 3. The summed E-state index contributed by atoms with van der Waals surface area (Å²) in [4.78, 5) is 4.41. The van der Waals surface area contributed by atoms with E-state index in [0.717, 1.165) is 25.3 Å². The van der Waals surface area contributed by atoms with Gasteiger partial charge >= 0.3 is 14.9 Å². The SMILES string of the molecule is C=COCCCCOC(=NCCC[Si](OCC)(OCC)OCC)OCC. The topological polar surface area (TPSA) is 67.7 Å². The van der Waals surface area contributed by atoms with Gasteiger partial charge in [0.1, 0.15) is 0 Å². The molecule has 0 unspecified atom stereocenters. The van der Waals surface area contributed by atoms with Gasteiger partial charge in [-0.2, -0.15) is 0 Å². The lowest BCUT2D eigenvalue weighted by atomic mass is 10.3. The highest BCUT2D eigenvalue weighted by atomic mass is 28.4. The highest BCUT2D eigenvalue weighted by Gasteiger charge is 2.39. The van der Waals surface area contributed by atoms with Gasteiger partial charge in [-0.05, 0) is 47.0 Å². The molecule has 0 rings (SSSR count). The average Bonchev–Trinajstić information content (AvgIpc) is 2.62. The standard InChI is InChI=1S/C18H37NO6Si/c1-6-20-15-11-12-16-22-18(21-7-2)19-14-13-17-26(23-8-3,24-9-4)25-10-5/h6H,1,7-17H2,2-5H3. The van der Waals surface area contributed by atoms with Gasteiger partial charge in [0, 0.05) is 32.4 Å².